The van der Waals surface area contributed by atoms with Crippen LogP contribution in [0, 0.1) is 0 Å². The lowest BCUT2D eigenvalue weighted by Crippen LogP contribution is -2.33. The molecule has 0 saturated carbocycles. The molecule has 1 aromatic heterocycles. The number of ether oxygens (including phenoxy) is 1. The maximum atomic E-state index is 11.5. The maximum Gasteiger partial charge on any atom is 0.407 e. The standard InChI is InChI=1S/C18H25N3O2/c1-18(2,3)23-17(22)20-12-6-11-19-13-15-10-9-14-7-4-5-8-16(14)21-15/h4-5,7-10,19H,6,11-13H2,1-3H3,(H,20,22). The summed E-state index contributed by atoms with van der Waals surface area (Å²) in [6.07, 6.45) is 0.473. The van der Waals surface area contributed by atoms with E-state index in [1.54, 1.807) is 0 Å². The summed E-state index contributed by atoms with van der Waals surface area (Å²) in [5.41, 5.74) is 1.58. The van der Waals surface area contributed by atoms with Crippen molar-refractivity contribution in [3.05, 3.63) is 42.1 Å². The van der Waals surface area contributed by atoms with Gasteiger partial charge in [-0.25, -0.2) is 4.79 Å². The molecule has 0 spiro atoms. The van der Waals surface area contributed by atoms with Crippen molar-refractivity contribution in [3.8, 4) is 0 Å². The Kier molecular flexibility index (Phi) is 5.93. The van der Waals surface area contributed by atoms with Crippen molar-refractivity contribution in [2.45, 2.75) is 39.3 Å². The zero-order valence-corrected chi connectivity index (χ0v) is 14.1. The Morgan fingerprint density at radius 2 is 1.91 bits per heavy atom. The normalized spacial score (nSPS) is 11.4. The van der Waals surface area contributed by atoms with Crippen LogP contribution in [-0.4, -0.2) is 29.8 Å². The highest BCUT2D eigenvalue weighted by Gasteiger charge is 2.15. The number of nitrogens with zero attached hydrogens (tertiary/aromatic N) is 1. The van der Waals surface area contributed by atoms with E-state index in [2.05, 4.69) is 27.8 Å². The molecule has 0 fully saturated rings. The minimum atomic E-state index is -0.454. The molecule has 2 N–H and O–H groups in total. The van der Waals surface area contributed by atoms with E-state index in [1.807, 2.05) is 45.0 Å². The summed E-state index contributed by atoms with van der Waals surface area (Å²) in [5, 5.41) is 7.23. The number of carbonyl (C=O) groups excluding carboxylic acids is 1. The lowest BCUT2D eigenvalue weighted by molar-refractivity contribution is 0.0527. The zero-order chi connectivity index (χ0) is 16.7. The van der Waals surface area contributed by atoms with Crippen LogP contribution >= 0.6 is 0 Å². The highest BCUT2D eigenvalue weighted by atomic mass is 16.6. The summed E-state index contributed by atoms with van der Waals surface area (Å²) in [5.74, 6) is 0. The zero-order valence-electron chi connectivity index (χ0n) is 14.1. The van der Waals surface area contributed by atoms with E-state index in [1.165, 1.54) is 0 Å². The first-order valence-electron chi connectivity index (χ1n) is 7.96. The third kappa shape index (κ3) is 6.24. The van der Waals surface area contributed by atoms with Gasteiger partial charge >= 0.3 is 6.09 Å². The minimum absolute atomic E-state index is 0.367. The molecule has 2 aromatic rings. The quantitative estimate of drug-likeness (QED) is 0.803. The Bertz CT molecular complexity index is 650. The Morgan fingerprint density at radius 3 is 2.70 bits per heavy atom. The van der Waals surface area contributed by atoms with Gasteiger partial charge in [0.2, 0.25) is 0 Å². The molecular formula is C18H25N3O2. The van der Waals surface area contributed by atoms with Gasteiger partial charge in [-0.2, -0.15) is 0 Å². The highest BCUT2D eigenvalue weighted by molar-refractivity contribution is 5.78. The van der Waals surface area contributed by atoms with Crippen LogP contribution in [0.3, 0.4) is 0 Å². The van der Waals surface area contributed by atoms with E-state index in [-0.39, 0.29) is 6.09 Å². The van der Waals surface area contributed by atoms with Crippen LogP contribution in [-0.2, 0) is 11.3 Å². The van der Waals surface area contributed by atoms with Gasteiger partial charge in [-0.3, -0.25) is 4.98 Å². The number of para-hydroxylation sites is 1. The molecule has 5 heteroatoms. The lowest BCUT2D eigenvalue weighted by atomic mass is 10.2. The first-order chi connectivity index (χ1) is 10.9. The van der Waals surface area contributed by atoms with Crippen LogP contribution in [0.2, 0.25) is 0 Å². The number of amides is 1. The van der Waals surface area contributed by atoms with E-state index in [0.29, 0.717) is 6.54 Å². The molecule has 0 radical (unpaired) electrons. The number of nitrogens with one attached hydrogen (secondary N) is 2. The second-order valence-corrected chi connectivity index (χ2v) is 6.45. The van der Waals surface area contributed by atoms with Crippen LogP contribution in [0.4, 0.5) is 4.79 Å². The molecule has 1 heterocycles. The average molecular weight is 315 g/mol. The number of benzene rings is 1. The highest BCUT2D eigenvalue weighted by Crippen LogP contribution is 2.11. The second kappa shape index (κ2) is 7.92. The van der Waals surface area contributed by atoms with Crippen molar-refractivity contribution < 1.29 is 9.53 Å². The summed E-state index contributed by atoms with van der Waals surface area (Å²) < 4.78 is 5.17. The first kappa shape index (κ1) is 17.2. The van der Waals surface area contributed by atoms with Gasteiger partial charge in [0.1, 0.15) is 5.60 Å². The van der Waals surface area contributed by atoms with Crippen molar-refractivity contribution in [2.24, 2.45) is 0 Å². The van der Waals surface area contributed by atoms with Crippen molar-refractivity contribution in [2.75, 3.05) is 13.1 Å². The fraction of sp³-hybridized carbons (Fsp3) is 0.444. The van der Waals surface area contributed by atoms with Crippen LogP contribution in [0.1, 0.15) is 32.9 Å². The van der Waals surface area contributed by atoms with Gasteiger partial charge in [0.05, 0.1) is 11.2 Å². The Balaban J connectivity index is 1.64. The molecule has 0 bridgehead atoms. The first-order valence-corrected chi connectivity index (χ1v) is 7.96. The van der Waals surface area contributed by atoms with Crippen molar-refractivity contribution in [1.82, 2.24) is 15.6 Å². The molecule has 124 valence electrons. The molecule has 5 nitrogen and oxygen atoms in total. The van der Waals surface area contributed by atoms with Gasteiger partial charge in [0, 0.05) is 18.5 Å². The monoisotopic (exact) mass is 315 g/mol. The molecule has 23 heavy (non-hydrogen) atoms. The van der Waals surface area contributed by atoms with Crippen molar-refractivity contribution in [1.29, 1.82) is 0 Å². The molecule has 0 atom stereocenters. The molecule has 0 aliphatic heterocycles. The fourth-order valence-electron chi connectivity index (χ4n) is 2.14. The van der Waals surface area contributed by atoms with Gasteiger partial charge in [-0.05, 0) is 45.9 Å². The summed E-state index contributed by atoms with van der Waals surface area (Å²) in [6.45, 7) is 7.68. The number of rotatable bonds is 6. The van der Waals surface area contributed by atoms with Crippen molar-refractivity contribution in [3.63, 3.8) is 0 Å². The smallest absolute Gasteiger partial charge is 0.407 e. The molecule has 2 rings (SSSR count). The number of aromatic nitrogens is 1. The van der Waals surface area contributed by atoms with Crippen LogP contribution in [0.25, 0.3) is 10.9 Å². The van der Waals surface area contributed by atoms with Crippen molar-refractivity contribution >= 4 is 17.0 Å². The summed E-state index contributed by atoms with van der Waals surface area (Å²) in [7, 11) is 0. The predicted octanol–water partition coefficient (Wildman–Crippen LogP) is 3.24. The predicted molar refractivity (Wildman–Crippen MR) is 92.3 cm³/mol. The number of hydrogen-bond donors (Lipinski definition) is 2. The Hall–Kier alpha value is -2.14. The SMILES string of the molecule is CC(C)(C)OC(=O)NCCCNCc1ccc2ccccc2n1. The van der Waals surface area contributed by atoms with Gasteiger partial charge in [0.15, 0.2) is 0 Å². The largest absolute Gasteiger partial charge is 0.444 e. The molecule has 0 unspecified atom stereocenters. The summed E-state index contributed by atoms with van der Waals surface area (Å²) in [6, 6.07) is 12.2. The van der Waals surface area contributed by atoms with Crippen LogP contribution in [0.5, 0.6) is 0 Å². The maximum absolute atomic E-state index is 11.5. The van der Waals surface area contributed by atoms with E-state index in [0.717, 1.165) is 36.1 Å². The second-order valence-electron chi connectivity index (χ2n) is 6.45. The molecule has 0 aliphatic carbocycles. The van der Waals surface area contributed by atoms with Gasteiger partial charge in [-0.15, -0.1) is 0 Å². The number of pyridine rings is 1. The molecule has 1 aromatic carbocycles. The third-order valence-corrected chi connectivity index (χ3v) is 3.16. The van der Waals surface area contributed by atoms with E-state index in [9.17, 15) is 4.79 Å². The topological polar surface area (TPSA) is 63.2 Å². The minimum Gasteiger partial charge on any atom is -0.444 e. The molecule has 1 amide bonds. The Morgan fingerprint density at radius 1 is 1.13 bits per heavy atom. The van der Waals surface area contributed by atoms with Crippen LogP contribution < -0.4 is 10.6 Å². The fourth-order valence-corrected chi connectivity index (χ4v) is 2.14. The third-order valence-electron chi connectivity index (χ3n) is 3.16. The van der Waals surface area contributed by atoms with Gasteiger partial charge < -0.3 is 15.4 Å². The molecule has 0 saturated heterocycles. The molecule has 0 aliphatic rings. The van der Waals surface area contributed by atoms with E-state index >= 15 is 0 Å². The van der Waals surface area contributed by atoms with Gasteiger partial charge in [-0.1, -0.05) is 24.3 Å². The lowest BCUT2D eigenvalue weighted by Gasteiger charge is -2.19. The number of fused-ring (bicyclic) bond motifs is 1. The van der Waals surface area contributed by atoms with Crippen LogP contribution in [0.15, 0.2) is 36.4 Å². The summed E-state index contributed by atoms with van der Waals surface area (Å²) >= 11 is 0. The van der Waals surface area contributed by atoms with E-state index < -0.39 is 5.60 Å². The summed E-state index contributed by atoms with van der Waals surface area (Å²) in [4.78, 5) is 16.1. The van der Waals surface area contributed by atoms with E-state index in [4.69, 9.17) is 4.74 Å². The number of hydrogen-bond acceptors (Lipinski definition) is 4. The number of carbonyl (C=O) groups is 1. The molecular weight excluding hydrogens is 290 g/mol. The average Bonchev–Trinajstić information content (AvgIpc) is 2.49. The van der Waals surface area contributed by atoms with Gasteiger partial charge in [0.25, 0.3) is 0 Å². The number of alkyl carbamates (subject to hydrolysis) is 1. The Labute approximate surface area is 137 Å².